The summed E-state index contributed by atoms with van der Waals surface area (Å²) >= 11 is 3.30. The molecule has 0 bridgehead atoms. The predicted molar refractivity (Wildman–Crippen MR) is 118 cm³/mol. The van der Waals surface area contributed by atoms with Gasteiger partial charge >= 0.3 is 0 Å². The van der Waals surface area contributed by atoms with E-state index in [-0.39, 0.29) is 16.3 Å². The van der Waals surface area contributed by atoms with Crippen molar-refractivity contribution in [2.75, 3.05) is 11.4 Å². The highest BCUT2D eigenvalue weighted by atomic mass is 79.9. The second-order valence-corrected chi connectivity index (χ2v) is 8.68. The summed E-state index contributed by atoms with van der Waals surface area (Å²) < 4.78 is 33.0. The van der Waals surface area contributed by atoms with Gasteiger partial charge in [-0.1, -0.05) is 0 Å². The number of benzene rings is 2. The van der Waals surface area contributed by atoms with E-state index < -0.39 is 10.1 Å². The molecule has 1 heterocycles. The lowest BCUT2D eigenvalue weighted by Crippen LogP contribution is -2.16. The summed E-state index contributed by atoms with van der Waals surface area (Å²) in [4.78, 5) is 5.85. The van der Waals surface area contributed by atoms with Gasteiger partial charge in [-0.05, 0) is 77.8 Å². The van der Waals surface area contributed by atoms with Crippen LogP contribution in [0.2, 0.25) is 0 Å². The second kappa shape index (κ2) is 8.90. The monoisotopic (exact) mass is 490 g/mol. The zero-order chi connectivity index (χ0) is 21.9. The summed E-state index contributed by atoms with van der Waals surface area (Å²) in [6.45, 7) is 4.10. The number of rotatable bonds is 6. The Labute approximate surface area is 182 Å². The molecule has 2 N–H and O–H groups in total. The van der Waals surface area contributed by atoms with Gasteiger partial charge < -0.3 is 10.0 Å². The Morgan fingerprint density at radius 2 is 1.77 bits per heavy atom. The zero-order valence-electron chi connectivity index (χ0n) is 16.2. The number of nitrogens with zero attached hydrogens (tertiary/aromatic N) is 4. The highest BCUT2D eigenvalue weighted by molar-refractivity contribution is 9.10. The van der Waals surface area contributed by atoms with E-state index >= 15 is 0 Å². The van der Waals surface area contributed by atoms with Crippen LogP contribution in [0.5, 0.6) is 5.75 Å². The zero-order valence-corrected chi connectivity index (χ0v) is 18.6. The largest absolute Gasteiger partial charge is 0.506 e. The molecule has 0 unspecified atom stereocenters. The van der Waals surface area contributed by atoms with Gasteiger partial charge in [-0.15, -0.1) is 10.2 Å². The number of azo groups is 1. The molecule has 0 saturated carbocycles. The van der Waals surface area contributed by atoms with Crippen molar-refractivity contribution < 1.29 is 18.1 Å². The number of aromatic nitrogens is 1. The van der Waals surface area contributed by atoms with Gasteiger partial charge in [0, 0.05) is 34.7 Å². The first-order chi connectivity index (χ1) is 14.2. The molecule has 3 rings (SSSR count). The molecule has 0 saturated heterocycles. The maximum Gasteiger partial charge on any atom is 0.294 e. The first-order valence-electron chi connectivity index (χ1n) is 8.91. The first kappa shape index (κ1) is 21.9. The summed E-state index contributed by atoms with van der Waals surface area (Å²) in [6.07, 6.45) is 1.60. The Hall–Kier alpha value is -2.82. The molecular formula is C20H19BrN4O4S. The Morgan fingerprint density at radius 1 is 1.07 bits per heavy atom. The van der Waals surface area contributed by atoms with E-state index in [1.54, 1.807) is 55.6 Å². The third-order valence-corrected chi connectivity index (χ3v) is 5.79. The third kappa shape index (κ3) is 5.02. The molecule has 0 spiro atoms. The lowest BCUT2D eigenvalue weighted by atomic mass is 10.1. The average molecular weight is 491 g/mol. The molecule has 2 aromatic carbocycles. The van der Waals surface area contributed by atoms with Crippen LogP contribution in [0.1, 0.15) is 12.5 Å². The van der Waals surface area contributed by atoms with Gasteiger partial charge in [-0.25, -0.2) is 4.98 Å². The fourth-order valence-electron chi connectivity index (χ4n) is 2.90. The number of phenols is 1. The van der Waals surface area contributed by atoms with Gasteiger partial charge in [-0.3, -0.25) is 4.55 Å². The van der Waals surface area contributed by atoms with Gasteiger partial charge in [0.05, 0.1) is 4.90 Å². The number of anilines is 2. The minimum atomic E-state index is -4.28. The predicted octanol–water partition coefficient (Wildman–Crippen LogP) is 5.68. The minimum Gasteiger partial charge on any atom is -0.506 e. The number of hydrogen-bond acceptors (Lipinski definition) is 7. The molecular weight excluding hydrogens is 472 g/mol. The number of hydrogen-bond donors (Lipinski definition) is 2. The Kier molecular flexibility index (Phi) is 6.49. The molecule has 8 nitrogen and oxygen atoms in total. The Morgan fingerprint density at radius 3 is 2.33 bits per heavy atom. The van der Waals surface area contributed by atoms with Crippen LogP contribution < -0.4 is 4.90 Å². The fraction of sp³-hybridized carbons (Fsp3) is 0.150. The van der Waals surface area contributed by atoms with Crippen molar-refractivity contribution in [3.8, 4) is 5.75 Å². The van der Waals surface area contributed by atoms with Gasteiger partial charge in [0.15, 0.2) is 5.82 Å². The van der Waals surface area contributed by atoms with E-state index in [0.717, 1.165) is 10.2 Å². The molecule has 156 valence electrons. The number of phenolic OH excluding ortho intramolecular Hbond substituents is 1. The van der Waals surface area contributed by atoms with Crippen LogP contribution in [0.15, 0.2) is 74.3 Å². The highest BCUT2D eigenvalue weighted by Crippen LogP contribution is 2.35. The summed E-state index contributed by atoms with van der Waals surface area (Å²) in [5.41, 5.74) is 2.12. The molecule has 0 amide bonds. The summed E-state index contributed by atoms with van der Waals surface area (Å²) in [5.74, 6) is 0.351. The highest BCUT2D eigenvalue weighted by Gasteiger charge is 2.16. The molecule has 0 fully saturated rings. The molecule has 0 aliphatic heterocycles. The van der Waals surface area contributed by atoms with Gasteiger partial charge in [0.1, 0.15) is 11.4 Å². The van der Waals surface area contributed by atoms with Crippen LogP contribution in [0.3, 0.4) is 0 Å². The standard InChI is InChI=1S/C20H19BrN4O4S/c1-3-25(15-6-8-19(13(2)10-15)30(27,28)29)16-5-7-17(18(26)11-16)23-24-20-9-4-14(21)12-22-20/h4-12,26H,3H2,1-2H3,(H,27,28,29). The second-order valence-electron chi connectivity index (χ2n) is 6.38. The van der Waals surface area contributed by atoms with Crippen molar-refractivity contribution >= 4 is 48.9 Å². The van der Waals surface area contributed by atoms with E-state index in [4.69, 9.17) is 0 Å². The molecule has 0 radical (unpaired) electrons. The van der Waals surface area contributed by atoms with Crippen molar-refractivity contribution in [3.63, 3.8) is 0 Å². The van der Waals surface area contributed by atoms with Crippen LogP contribution in [0.4, 0.5) is 22.9 Å². The third-order valence-electron chi connectivity index (χ3n) is 4.31. The SMILES string of the molecule is CCN(c1ccc(S(=O)(=O)O)c(C)c1)c1ccc(N=Nc2ccc(Br)cn2)c(O)c1. The van der Waals surface area contributed by atoms with E-state index in [1.807, 2.05) is 11.8 Å². The van der Waals surface area contributed by atoms with E-state index in [1.165, 1.54) is 6.07 Å². The van der Waals surface area contributed by atoms with Crippen LogP contribution in [0.25, 0.3) is 0 Å². The number of pyridine rings is 1. The van der Waals surface area contributed by atoms with Crippen LogP contribution in [0, 0.1) is 6.92 Å². The van der Waals surface area contributed by atoms with Crippen molar-refractivity contribution in [3.05, 3.63) is 64.8 Å². The van der Waals surface area contributed by atoms with E-state index in [2.05, 4.69) is 31.1 Å². The first-order valence-corrected chi connectivity index (χ1v) is 11.1. The summed E-state index contributed by atoms with van der Waals surface area (Å²) in [7, 11) is -4.28. The molecule has 3 aromatic rings. The minimum absolute atomic E-state index is 0.0573. The average Bonchev–Trinajstić information content (AvgIpc) is 2.68. The van der Waals surface area contributed by atoms with Crippen molar-refractivity contribution in [2.45, 2.75) is 18.7 Å². The molecule has 0 aliphatic carbocycles. The maximum atomic E-state index is 11.4. The lowest BCUT2D eigenvalue weighted by molar-refractivity contribution is 0.476. The quantitative estimate of drug-likeness (QED) is 0.339. The lowest BCUT2D eigenvalue weighted by Gasteiger charge is -2.24. The molecule has 0 atom stereocenters. The summed E-state index contributed by atoms with van der Waals surface area (Å²) in [5, 5.41) is 18.4. The van der Waals surface area contributed by atoms with Crippen molar-refractivity contribution in [1.82, 2.24) is 4.98 Å². The molecule has 1 aromatic heterocycles. The van der Waals surface area contributed by atoms with Crippen molar-refractivity contribution in [2.24, 2.45) is 10.2 Å². The van der Waals surface area contributed by atoms with Crippen LogP contribution >= 0.6 is 15.9 Å². The van der Waals surface area contributed by atoms with E-state index in [9.17, 15) is 18.1 Å². The van der Waals surface area contributed by atoms with Crippen LogP contribution in [-0.4, -0.2) is 29.6 Å². The summed E-state index contributed by atoms with van der Waals surface area (Å²) in [6, 6.07) is 13.1. The normalized spacial score (nSPS) is 11.7. The topological polar surface area (TPSA) is 115 Å². The van der Waals surface area contributed by atoms with E-state index in [0.29, 0.717) is 23.6 Å². The van der Waals surface area contributed by atoms with Gasteiger partial charge in [0.2, 0.25) is 0 Å². The molecule has 0 aliphatic rings. The fourth-order valence-corrected chi connectivity index (χ4v) is 3.84. The van der Waals surface area contributed by atoms with Gasteiger partial charge in [-0.2, -0.15) is 8.42 Å². The van der Waals surface area contributed by atoms with Gasteiger partial charge in [0.25, 0.3) is 10.1 Å². The Balaban J connectivity index is 1.88. The van der Waals surface area contributed by atoms with Crippen LogP contribution in [-0.2, 0) is 10.1 Å². The molecule has 10 heteroatoms. The maximum absolute atomic E-state index is 11.4. The smallest absolute Gasteiger partial charge is 0.294 e. The number of aromatic hydroxyl groups is 1. The number of halogens is 1. The number of aryl methyl sites for hydroxylation is 1. The Bertz CT molecular complexity index is 1200. The van der Waals surface area contributed by atoms with Crippen molar-refractivity contribution in [1.29, 1.82) is 0 Å². The molecule has 30 heavy (non-hydrogen) atoms.